The van der Waals surface area contributed by atoms with Gasteiger partial charge in [0.05, 0.1) is 13.7 Å². The number of ether oxygens (including phenoxy) is 2. The summed E-state index contributed by atoms with van der Waals surface area (Å²) >= 11 is 0. The SMILES string of the molecule is CCOc1cc(/C=C/C(=O)NN2C(=O)N[C@@](CC)(c3ccccc3)C2=O)ccc1OC. The van der Waals surface area contributed by atoms with Crippen molar-refractivity contribution >= 4 is 23.9 Å². The van der Waals surface area contributed by atoms with E-state index in [1.54, 1.807) is 62.6 Å². The van der Waals surface area contributed by atoms with Crippen LogP contribution in [0.3, 0.4) is 0 Å². The number of urea groups is 1. The van der Waals surface area contributed by atoms with E-state index in [4.69, 9.17) is 9.47 Å². The number of imide groups is 1. The second-order valence-electron chi connectivity index (χ2n) is 6.85. The highest BCUT2D eigenvalue weighted by atomic mass is 16.5. The molecule has 31 heavy (non-hydrogen) atoms. The molecule has 1 aliphatic heterocycles. The topological polar surface area (TPSA) is 97.0 Å². The lowest BCUT2D eigenvalue weighted by molar-refractivity contribution is -0.138. The molecule has 1 heterocycles. The van der Waals surface area contributed by atoms with Crippen molar-refractivity contribution in [3.63, 3.8) is 0 Å². The van der Waals surface area contributed by atoms with Crippen LogP contribution in [-0.2, 0) is 15.1 Å². The summed E-state index contributed by atoms with van der Waals surface area (Å²) in [5, 5.41) is 3.44. The van der Waals surface area contributed by atoms with Crippen LogP contribution in [0.15, 0.2) is 54.6 Å². The number of hydrazine groups is 1. The Labute approximate surface area is 180 Å². The van der Waals surface area contributed by atoms with Crippen LogP contribution in [-0.4, -0.2) is 36.6 Å². The number of amides is 4. The number of carbonyl (C=O) groups excluding carboxylic acids is 3. The Bertz CT molecular complexity index is 1010. The Balaban J connectivity index is 1.74. The highest BCUT2D eigenvalue weighted by Gasteiger charge is 2.52. The van der Waals surface area contributed by atoms with E-state index in [1.807, 2.05) is 13.0 Å². The van der Waals surface area contributed by atoms with Crippen molar-refractivity contribution in [3.05, 3.63) is 65.7 Å². The molecule has 0 spiro atoms. The van der Waals surface area contributed by atoms with Crippen molar-refractivity contribution < 1.29 is 23.9 Å². The molecular formula is C23H25N3O5. The Morgan fingerprint density at radius 2 is 1.87 bits per heavy atom. The van der Waals surface area contributed by atoms with E-state index >= 15 is 0 Å². The van der Waals surface area contributed by atoms with Crippen molar-refractivity contribution in [2.24, 2.45) is 0 Å². The van der Waals surface area contributed by atoms with Crippen molar-refractivity contribution in [2.45, 2.75) is 25.8 Å². The summed E-state index contributed by atoms with van der Waals surface area (Å²) in [5.74, 6) is -0.00915. The van der Waals surface area contributed by atoms with Gasteiger partial charge in [-0.05, 0) is 42.7 Å². The third-order valence-electron chi connectivity index (χ3n) is 5.03. The Hall–Kier alpha value is -3.81. The van der Waals surface area contributed by atoms with Crippen LogP contribution in [0.2, 0.25) is 0 Å². The van der Waals surface area contributed by atoms with Gasteiger partial charge in [-0.1, -0.05) is 43.3 Å². The summed E-state index contributed by atoms with van der Waals surface area (Å²) in [7, 11) is 1.55. The quantitative estimate of drug-likeness (QED) is 0.503. The normalized spacial score (nSPS) is 18.2. The minimum Gasteiger partial charge on any atom is -0.493 e. The monoisotopic (exact) mass is 423 g/mol. The Morgan fingerprint density at radius 1 is 1.13 bits per heavy atom. The first kappa shape index (κ1) is 21.9. The Morgan fingerprint density at radius 3 is 2.52 bits per heavy atom. The second kappa shape index (κ2) is 9.34. The summed E-state index contributed by atoms with van der Waals surface area (Å²) < 4.78 is 10.8. The molecule has 2 aromatic carbocycles. The summed E-state index contributed by atoms with van der Waals surface area (Å²) in [6, 6.07) is 13.5. The van der Waals surface area contributed by atoms with Gasteiger partial charge in [0.25, 0.3) is 11.8 Å². The van der Waals surface area contributed by atoms with Gasteiger partial charge in [0.15, 0.2) is 11.5 Å². The largest absolute Gasteiger partial charge is 0.493 e. The van der Waals surface area contributed by atoms with Crippen LogP contribution in [0.25, 0.3) is 6.08 Å². The predicted molar refractivity (Wildman–Crippen MR) is 115 cm³/mol. The van der Waals surface area contributed by atoms with Crippen molar-refractivity contribution in [1.29, 1.82) is 0 Å². The van der Waals surface area contributed by atoms with Gasteiger partial charge in [-0.2, -0.15) is 5.01 Å². The van der Waals surface area contributed by atoms with E-state index in [2.05, 4.69) is 10.7 Å². The van der Waals surface area contributed by atoms with Crippen LogP contribution in [0.1, 0.15) is 31.4 Å². The molecule has 2 N–H and O–H groups in total. The number of nitrogens with one attached hydrogen (secondary N) is 2. The number of benzene rings is 2. The van der Waals surface area contributed by atoms with Crippen molar-refractivity contribution in [3.8, 4) is 11.5 Å². The predicted octanol–water partition coefficient (Wildman–Crippen LogP) is 3.00. The average molecular weight is 423 g/mol. The zero-order chi connectivity index (χ0) is 22.4. The fraction of sp³-hybridized carbons (Fsp3) is 0.261. The molecule has 0 saturated carbocycles. The molecule has 4 amide bonds. The average Bonchev–Trinajstić information content (AvgIpc) is 3.03. The first-order valence-electron chi connectivity index (χ1n) is 9.97. The zero-order valence-corrected chi connectivity index (χ0v) is 17.7. The molecule has 0 aliphatic carbocycles. The van der Waals surface area contributed by atoms with E-state index in [1.165, 1.54) is 6.08 Å². The van der Waals surface area contributed by atoms with Crippen molar-refractivity contribution in [2.75, 3.05) is 13.7 Å². The minimum absolute atomic E-state index is 0.343. The molecule has 0 radical (unpaired) electrons. The highest BCUT2D eigenvalue weighted by Crippen LogP contribution is 2.31. The third-order valence-corrected chi connectivity index (χ3v) is 5.03. The molecule has 0 unspecified atom stereocenters. The molecule has 0 bridgehead atoms. The van der Waals surface area contributed by atoms with Gasteiger partial charge in [0.2, 0.25) is 0 Å². The molecule has 1 saturated heterocycles. The van der Waals surface area contributed by atoms with Crippen LogP contribution in [0, 0.1) is 0 Å². The molecule has 2 aromatic rings. The maximum atomic E-state index is 13.0. The van der Waals surface area contributed by atoms with E-state index < -0.39 is 23.4 Å². The van der Waals surface area contributed by atoms with E-state index in [-0.39, 0.29) is 0 Å². The van der Waals surface area contributed by atoms with Gasteiger partial charge in [-0.15, -0.1) is 0 Å². The Kier molecular flexibility index (Phi) is 6.59. The lowest BCUT2D eigenvalue weighted by Crippen LogP contribution is -2.48. The molecule has 0 aromatic heterocycles. The summed E-state index contributed by atoms with van der Waals surface area (Å²) in [4.78, 5) is 37.9. The molecule has 1 atom stereocenters. The first-order valence-corrected chi connectivity index (χ1v) is 9.97. The number of methoxy groups -OCH3 is 1. The fourth-order valence-corrected chi connectivity index (χ4v) is 3.42. The second-order valence-corrected chi connectivity index (χ2v) is 6.85. The number of hydrogen-bond acceptors (Lipinski definition) is 5. The summed E-state index contributed by atoms with van der Waals surface area (Å²) in [6.07, 6.45) is 3.14. The van der Waals surface area contributed by atoms with E-state index in [9.17, 15) is 14.4 Å². The highest BCUT2D eigenvalue weighted by molar-refractivity contribution is 6.09. The van der Waals surface area contributed by atoms with Gasteiger partial charge in [0, 0.05) is 6.08 Å². The van der Waals surface area contributed by atoms with Crippen LogP contribution >= 0.6 is 0 Å². The molecule has 1 fully saturated rings. The smallest absolute Gasteiger partial charge is 0.344 e. The minimum atomic E-state index is -1.21. The molecule has 3 rings (SSSR count). The van der Waals surface area contributed by atoms with Gasteiger partial charge in [-0.3, -0.25) is 15.0 Å². The number of rotatable bonds is 8. The van der Waals surface area contributed by atoms with Crippen LogP contribution in [0.5, 0.6) is 11.5 Å². The maximum Gasteiger partial charge on any atom is 0.344 e. The molecular weight excluding hydrogens is 398 g/mol. The summed E-state index contributed by atoms with van der Waals surface area (Å²) in [5.41, 5.74) is 2.50. The number of nitrogens with zero attached hydrogens (tertiary/aromatic N) is 1. The third kappa shape index (κ3) is 4.37. The number of hydrogen-bond donors (Lipinski definition) is 2. The molecule has 8 heteroatoms. The van der Waals surface area contributed by atoms with Crippen LogP contribution < -0.4 is 20.2 Å². The van der Waals surface area contributed by atoms with Gasteiger partial charge >= 0.3 is 6.03 Å². The number of carbonyl (C=O) groups is 3. The van der Waals surface area contributed by atoms with E-state index in [0.29, 0.717) is 35.7 Å². The first-order chi connectivity index (χ1) is 14.9. The molecule has 162 valence electrons. The van der Waals surface area contributed by atoms with Gasteiger partial charge in [0.1, 0.15) is 5.54 Å². The summed E-state index contributed by atoms with van der Waals surface area (Å²) in [6.45, 7) is 4.13. The molecule has 8 nitrogen and oxygen atoms in total. The maximum absolute atomic E-state index is 13.0. The van der Waals surface area contributed by atoms with Crippen molar-refractivity contribution in [1.82, 2.24) is 15.8 Å². The fourth-order valence-electron chi connectivity index (χ4n) is 3.42. The lowest BCUT2D eigenvalue weighted by atomic mass is 9.87. The zero-order valence-electron chi connectivity index (χ0n) is 17.7. The molecule has 1 aliphatic rings. The lowest BCUT2D eigenvalue weighted by Gasteiger charge is -2.25. The van der Waals surface area contributed by atoms with Gasteiger partial charge < -0.3 is 14.8 Å². The van der Waals surface area contributed by atoms with Gasteiger partial charge in [-0.25, -0.2) is 4.79 Å². The standard InChI is InChI=1S/C23H25N3O5/c1-4-23(17-9-7-6-8-10-17)21(28)26(22(29)24-23)25-20(27)14-12-16-11-13-18(30-3)19(15-16)31-5-2/h6-15H,4-5H2,1-3H3,(H,24,29)(H,25,27)/b14-12+/t23-/m0/s1. The van der Waals surface area contributed by atoms with E-state index in [0.717, 1.165) is 5.01 Å². The van der Waals surface area contributed by atoms with Crippen LogP contribution in [0.4, 0.5) is 4.79 Å².